The molecule has 4 heteroatoms. The number of hydrogen-bond donors (Lipinski definition) is 0. The topological polar surface area (TPSA) is 52.6 Å². The first-order valence-electron chi connectivity index (χ1n) is 11.6. The molecule has 0 radical (unpaired) electrons. The number of carbonyl (C=O) groups excluding carboxylic acids is 2. The third-order valence-electron chi connectivity index (χ3n) is 8.81. The first-order chi connectivity index (χ1) is 13.6. The molecule has 4 nitrogen and oxygen atoms in total. The number of ether oxygens (including phenoxy) is 2. The summed E-state index contributed by atoms with van der Waals surface area (Å²) in [5.41, 5.74) is 2.04. The number of rotatable bonds is 4. The number of allylic oxidation sites excluding steroid dienone is 2. The monoisotopic (exact) mass is 404 g/mol. The lowest BCUT2D eigenvalue weighted by Gasteiger charge is -2.59. The van der Waals surface area contributed by atoms with Gasteiger partial charge in [-0.05, 0) is 86.9 Å². The molecule has 7 atom stereocenters. The van der Waals surface area contributed by atoms with E-state index in [2.05, 4.69) is 33.8 Å². The van der Waals surface area contributed by atoms with Crippen LogP contribution < -0.4 is 0 Å². The summed E-state index contributed by atoms with van der Waals surface area (Å²) in [6.45, 7) is 12.7. The summed E-state index contributed by atoms with van der Waals surface area (Å²) in [4.78, 5) is 23.3. The summed E-state index contributed by atoms with van der Waals surface area (Å²) < 4.78 is 11.3. The molecule has 0 aromatic heterocycles. The molecule has 0 aromatic rings. The molecular weight excluding hydrogens is 364 g/mol. The molecule has 0 unspecified atom stereocenters. The van der Waals surface area contributed by atoms with Gasteiger partial charge in [0.25, 0.3) is 0 Å². The molecule has 3 rings (SSSR count). The van der Waals surface area contributed by atoms with Crippen molar-refractivity contribution < 1.29 is 19.1 Å². The molecule has 0 saturated heterocycles. The zero-order valence-corrected chi connectivity index (χ0v) is 19.3. The van der Waals surface area contributed by atoms with Crippen LogP contribution in [0.3, 0.4) is 0 Å². The minimum Gasteiger partial charge on any atom is -0.463 e. The summed E-state index contributed by atoms with van der Waals surface area (Å²) in [6, 6.07) is 0. The van der Waals surface area contributed by atoms with Gasteiger partial charge in [0.05, 0.1) is 0 Å². The van der Waals surface area contributed by atoms with Crippen molar-refractivity contribution in [3.63, 3.8) is 0 Å². The second-order valence-electron chi connectivity index (χ2n) is 10.5. The Bertz CT molecular complexity index is 668. The summed E-state index contributed by atoms with van der Waals surface area (Å²) in [5.74, 6) is 1.12. The van der Waals surface area contributed by atoms with E-state index in [1.807, 2.05) is 0 Å². The van der Waals surface area contributed by atoms with Crippen molar-refractivity contribution in [2.75, 3.05) is 0 Å². The smallest absolute Gasteiger partial charge is 0.302 e. The van der Waals surface area contributed by atoms with E-state index >= 15 is 0 Å². The van der Waals surface area contributed by atoms with E-state index in [9.17, 15) is 9.59 Å². The molecule has 0 amide bonds. The van der Waals surface area contributed by atoms with E-state index in [1.54, 1.807) is 5.57 Å². The third-order valence-corrected chi connectivity index (χ3v) is 8.81. The van der Waals surface area contributed by atoms with Crippen molar-refractivity contribution in [2.45, 2.75) is 105 Å². The summed E-state index contributed by atoms with van der Waals surface area (Å²) >= 11 is 0. The Labute approximate surface area is 176 Å². The molecule has 2 fully saturated rings. The Balaban J connectivity index is 1.86. The maximum atomic E-state index is 11.8. The maximum Gasteiger partial charge on any atom is 0.302 e. The van der Waals surface area contributed by atoms with Crippen molar-refractivity contribution in [1.29, 1.82) is 0 Å². The van der Waals surface area contributed by atoms with Crippen molar-refractivity contribution in [2.24, 2.45) is 28.6 Å². The average Bonchev–Trinajstić information content (AvgIpc) is 2.62. The summed E-state index contributed by atoms with van der Waals surface area (Å²) in [6.07, 6.45) is 10.7. The van der Waals surface area contributed by atoms with Gasteiger partial charge in [-0.15, -0.1) is 0 Å². The van der Waals surface area contributed by atoms with Gasteiger partial charge < -0.3 is 9.47 Å². The molecule has 0 spiro atoms. The first-order valence-corrected chi connectivity index (χ1v) is 11.6. The Morgan fingerprint density at radius 2 is 1.76 bits per heavy atom. The fourth-order valence-corrected chi connectivity index (χ4v) is 6.94. The van der Waals surface area contributed by atoms with Gasteiger partial charge in [-0.25, -0.2) is 0 Å². The van der Waals surface area contributed by atoms with Crippen molar-refractivity contribution in [1.82, 2.24) is 0 Å². The quantitative estimate of drug-likeness (QED) is 0.436. The number of fused-ring (bicyclic) bond motifs is 1. The highest BCUT2D eigenvalue weighted by molar-refractivity contribution is 5.66. The van der Waals surface area contributed by atoms with Crippen LogP contribution in [-0.4, -0.2) is 24.1 Å². The van der Waals surface area contributed by atoms with Crippen LogP contribution in [-0.2, 0) is 19.1 Å². The van der Waals surface area contributed by atoms with Crippen LogP contribution in [0.1, 0.15) is 92.9 Å². The van der Waals surface area contributed by atoms with E-state index in [0.29, 0.717) is 11.8 Å². The number of carbonyl (C=O) groups is 2. The van der Waals surface area contributed by atoms with Crippen LogP contribution >= 0.6 is 0 Å². The van der Waals surface area contributed by atoms with Gasteiger partial charge in [-0.3, -0.25) is 9.59 Å². The lowest BCUT2D eigenvalue weighted by atomic mass is 9.46. The van der Waals surface area contributed by atoms with Crippen LogP contribution in [0.25, 0.3) is 0 Å². The predicted molar refractivity (Wildman–Crippen MR) is 114 cm³/mol. The molecule has 0 aromatic carbocycles. The van der Waals surface area contributed by atoms with Crippen LogP contribution in [0.4, 0.5) is 0 Å². The molecule has 0 bridgehead atoms. The molecule has 0 heterocycles. The van der Waals surface area contributed by atoms with Crippen LogP contribution in [0.15, 0.2) is 11.6 Å². The Morgan fingerprint density at radius 3 is 2.41 bits per heavy atom. The maximum absolute atomic E-state index is 11.8. The van der Waals surface area contributed by atoms with Crippen molar-refractivity contribution in [3.05, 3.63) is 11.6 Å². The lowest BCUT2D eigenvalue weighted by molar-refractivity contribution is -0.163. The number of esters is 2. The zero-order chi connectivity index (χ0) is 21.4. The van der Waals surface area contributed by atoms with E-state index in [-0.39, 0.29) is 40.9 Å². The molecular formula is C25H40O4. The van der Waals surface area contributed by atoms with E-state index in [0.717, 1.165) is 25.7 Å². The Morgan fingerprint density at radius 1 is 1.07 bits per heavy atom. The molecule has 3 aliphatic rings. The minimum atomic E-state index is -0.211. The second kappa shape index (κ2) is 8.43. The summed E-state index contributed by atoms with van der Waals surface area (Å²) in [7, 11) is 0. The highest BCUT2D eigenvalue weighted by atomic mass is 16.6. The molecule has 2 saturated carbocycles. The second-order valence-corrected chi connectivity index (χ2v) is 10.5. The van der Waals surface area contributed by atoms with Gasteiger partial charge >= 0.3 is 11.9 Å². The standard InChI is InChI=1S/C25H40O4/c1-16-8-7-9-23-24(16,5)13-12-17(2)25(23,6)15-20-14-21(28-18(3)26)10-11-22(20)29-19(4)27/h8,17,20-23H,7,9-15H2,1-6H3/t17-,20+,21-,22+,23+,24+,25+/m1/s1. The van der Waals surface area contributed by atoms with Crippen LogP contribution in [0, 0.1) is 28.6 Å². The van der Waals surface area contributed by atoms with E-state index < -0.39 is 0 Å². The summed E-state index contributed by atoms with van der Waals surface area (Å²) in [5, 5.41) is 0. The highest BCUT2D eigenvalue weighted by Crippen LogP contribution is 2.62. The van der Waals surface area contributed by atoms with E-state index in [1.165, 1.54) is 39.5 Å². The van der Waals surface area contributed by atoms with Gasteiger partial charge in [0, 0.05) is 13.8 Å². The molecule has 0 N–H and O–H groups in total. The van der Waals surface area contributed by atoms with Gasteiger partial charge in [0.2, 0.25) is 0 Å². The lowest BCUT2D eigenvalue weighted by Crippen LogP contribution is -2.52. The third kappa shape index (κ3) is 4.41. The number of hydrogen-bond acceptors (Lipinski definition) is 4. The Hall–Kier alpha value is -1.32. The van der Waals surface area contributed by atoms with Gasteiger partial charge in [0.1, 0.15) is 12.2 Å². The molecule has 3 aliphatic carbocycles. The van der Waals surface area contributed by atoms with Gasteiger partial charge in [0.15, 0.2) is 0 Å². The first kappa shape index (κ1) is 22.4. The fraction of sp³-hybridized carbons (Fsp3) is 0.840. The molecule has 29 heavy (non-hydrogen) atoms. The van der Waals surface area contributed by atoms with E-state index in [4.69, 9.17) is 9.47 Å². The predicted octanol–water partition coefficient (Wildman–Crippen LogP) is 5.84. The van der Waals surface area contributed by atoms with Crippen molar-refractivity contribution >= 4 is 11.9 Å². The minimum absolute atomic E-state index is 0.0498. The average molecular weight is 405 g/mol. The van der Waals surface area contributed by atoms with Gasteiger partial charge in [-0.2, -0.15) is 0 Å². The molecule has 164 valence electrons. The largest absolute Gasteiger partial charge is 0.463 e. The SMILES string of the molecule is CC(=O)O[C@@H]1CC[C@H](OC(C)=O)[C@H](C[C@@]2(C)[C@H](C)CC[C@@]3(C)C(C)=CCC[C@H]23)C1. The van der Waals surface area contributed by atoms with Crippen molar-refractivity contribution in [3.8, 4) is 0 Å². The molecule has 0 aliphatic heterocycles. The van der Waals surface area contributed by atoms with Crippen LogP contribution in [0.2, 0.25) is 0 Å². The van der Waals surface area contributed by atoms with Crippen LogP contribution in [0.5, 0.6) is 0 Å². The Kier molecular flexibility index (Phi) is 6.50. The highest BCUT2D eigenvalue weighted by Gasteiger charge is 2.54. The zero-order valence-electron chi connectivity index (χ0n) is 19.3. The van der Waals surface area contributed by atoms with Gasteiger partial charge in [-0.1, -0.05) is 32.4 Å². The fourth-order valence-electron chi connectivity index (χ4n) is 6.94. The normalized spacial score (nSPS) is 42.4.